The number of nitrogens with zero attached hydrogens (tertiary/aromatic N) is 1. The predicted octanol–water partition coefficient (Wildman–Crippen LogP) is 1.39. The standard InChI is InChI=1S/C10H9N3O/c11-9-3-1-2-7-4-10(13-6-14)12-5-8(7)9/h1-6H,11H2,(H,12,13,14). The number of benzene rings is 1. The van der Waals surface area contributed by atoms with Crippen molar-refractivity contribution in [1.82, 2.24) is 4.98 Å². The maximum Gasteiger partial charge on any atom is 0.212 e. The molecule has 0 saturated carbocycles. The fourth-order valence-corrected chi connectivity index (χ4v) is 1.33. The molecule has 0 fully saturated rings. The molecule has 0 spiro atoms. The minimum absolute atomic E-state index is 0.526. The van der Waals surface area contributed by atoms with Crippen LogP contribution >= 0.6 is 0 Å². The summed E-state index contributed by atoms with van der Waals surface area (Å²) in [5.74, 6) is 0.526. The molecule has 1 aromatic heterocycles. The average molecular weight is 187 g/mol. The molecule has 70 valence electrons. The molecule has 4 heteroatoms. The number of nitrogen functional groups attached to an aromatic ring is 1. The summed E-state index contributed by atoms with van der Waals surface area (Å²) in [6, 6.07) is 7.38. The molecule has 0 unspecified atom stereocenters. The molecule has 1 aromatic carbocycles. The van der Waals surface area contributed by atoms with Gasteiger partial charge in [0.15, 0.2) is 0 Å². The van der Waals surface area contributed by atoms with Crippen molar-refractivity contribution in [2.75, 3.05) is 11.1 Å². The Morgan fingerprint density at radius 2 is 2.29 bits per heavy atom. The lowest BCUT2D eigenvalue weighted by Crippen LogP contribution is -1.96. The molecular formula is C10H9N3O. The van der Waals surface area contributed by atoms with Gasteiger partial charge in [0.2, 0.25) is 6.41 Å². The highest BCUT2D eigenvalue weighted by Gasteiger charge is 1.99. The van der Waals surface area contributed by atoms with E-state index in [0.717, 1.165) is 10.8 Å². The number of hydrogen-bond acceptors (Lipinski definition) is 3. The summed E-state index contributed by atoms with van der Waals surface area (Å²) < 4.78 is 0. The first-order valence-electron chi connectivity index (χ1n) is 4.15. The zero-order valence-corrected chi connectivity index (χ0v) is 7.40. The van der Waals surface area contributed by atoms with E-state index in [9.17, 15) is 4.79 Å². The number of nitrogens with two attached hydrogens (primary N) is 1. The van der Waals surface area contributed by atoms with Crippen molar-refractivity contribution in [1.29, 1.82) is 0 Å². The van der Waals surface area contributed by atoms with Crippen LogP contribution in [0.4, 0.5) is 11.5 Å². The van der Waals surface area contributed by atoms with E-state index in [1.807, 2.05) is 18.2 Å². The molecule has 3 N–H and O–H groups in total. The van der Waals surface area contributed by atoms with Gasteiger partial charge in [0.05, 0.1) is 0 Å². The van der Waals surface area contributed by atoms with Crippen LogP contribution in [0.5, 0.6) is 0 Å². The van der Waals surface area contributed by atoms with Crippen LogP contribution < -0.4 is 11.1 Å². The molecule has 0 aliphatic rings. The fraction of sp³-hybridized carbons (Fsp3) is 0. The minimum Gasteiger partial charge on any atom is -0.398 e. The highest BCUT2D eigenvalue weighted by molar-refractivity contribution is 5.94. The Hall–Kier alpha value is -2.10. The predicted molar refractivity (Wildman–Crippen MR) is 55.8 cm³/mol. The number of carbonyl (C=O) groups is 1. The topological polar surface area (TPSA) is 68.0 Å². The molecule has 0 aliphatic heterocycles. The summed E-state index contributed by atoms with van der Waals surface area (Å²) in [5, 5.41) is 4.34. The Labute approximate surface area is 80.7 Å². The maximum absolute atomic E-state index is 10.2. The highest BCUT2D eigenvalue weighted by atomic mass is 16.1. The lowest BCUT2D eigenvalue weighted by molar-refractivity contribution is -0.105. The largest absolute Gasteiger partial charge is 0.398 e. The van der Waals surface area contributed by atoms with Gasteiger partial charge < -0.3 is 11.1 Å². The van der Waals surface area contributed by atoms with Crippen LogP contribution in [0.1, 0.15) is 0 Å². The van der Waals surface area contributed by atoms with Crippen LogP contribution in [0, 0.1) is 0 Å². The molecule has 2 aromatic rings. The molecule has 4 nitrogen and oxygen atoms in total. The van der Waals surface area contributed by atoms with E-state index in [1.165, 1.54) is 0 Å². The van der Waals surface area contributed by atoms with E-state index >= 15 is 0 Å². The second-order valence-corrected chi connectivity index (χ2v) is 2.90. The van der Waals surface area contributed by atoms with Gasteiger partial charge in [-0.05, 0) is 17.5 Å². The van der Waals surface area contributed by atoms with Gasteiger partial charge in [0, 0.05) is 17.3 Å². The smallest absolute Gasteiger partial charge is 0.212 e. The summed E-state index contributed by atoms with van der Waals surface area (Å²) in [5.41, 5.74) is 6.44. The SMILES string of the molecule is Nc1cccc2cc(NC=O)ncc12. The monoisotopic (exact) mass is 187 g/mol. The molecule has 0 bridgehead atoms. The van der Waals surface area contributed by atoms with E-state index < -0.39 is 0 Å². The number of anilines is 2. The zero-order valence-electron chi connectivity index (χ0n) is 7.40. The van der Waals surface area contributed by atoms with Crippen molar-refractivity contribution >= 4 is 28.7 Å². The molecule has 1 heterocycles. The van der Waals surface area contributed by atoms with Crippen LogP contribution in [0.15, 0.2) is 30.5 Å². The van der Waals surface area contributed by atoms with Gasteiger partial charge in [0.1, 0.15) is 5.82 Å². The summed E-state index contributed by atoms with van der Waals surface area (Å²) >= 11 is 0. The molecule has 1 amide bonds. The van der Waals surface area contributed by atoms with Crippen LogP contribution in [0.2, 0.25) is 0 Å². The van der Waals surface area contributed by atoms with Crippen molar-refractivity contribution < 1.29 is 4.79 Å². The van der Waals surface area contributed by atoms with E-state index in [4.69, 9.17) is 5.73 Å². The van der Waals surface area contributed by atoms with E-state index in [2.05, 4.69) is 10.3 Å². The van der Waals surface area contributed by atoms with Gasteiger partial charge in [-0.2, -0.15) is 0 Å². The van der Waals surface area contributed by atoms with Crippen molar-refractivity contribution in [3.63, 3.8) is 0 Å². The van der Waals surface area contributed by atoms with Crippen molar-refractivity contribution in [2.24, 2.45) is 0 Å². The number of pyridine rings is 1. The molecule has 14 heavy (non-hydrogen) atoms. The van der Waals surface area contributed by atoms with Gasteiger partial charge in [0.25, 0.3) is 0 Å². The van der Waals surface area contributed by atoms with Gasteiger partial charge in [-0.25, -0.2) is 4.98 Å². The number of rotatable bonds is 2. The average Bonchev–Trinajstić information content (AvgIpc) is 2.18. The van der Waals surface area contributed by atoms with Crippen molar-refractivity contribution in [3.8, 4) is 0 Å². The Kier molecular flexibility index (Phi) is 2.02. The van der Waals surface area contributed by atoms with E-state index in [-0.39, 0.29) is 0 Å². The van der Waals surface area contributed by atoms with Crippen LogP contribution in [0.3, 0.4) is 0 Å². The lowest BCUT2D eigenvalue weighted by atomic mass is 10.1. The Bertz CT molecular complexity index is 482. The third-order valence-electron chi connectivity index (χ3n) is 2.01. The zero-order chi connectivity index (χ0) is 9.97. The first kappa shape index (κ1) is 8.50. The van der Waals surface area contributed by atoms with Crippen LogP contribution in [-0.2, 0) is 4.79 Å². The Balaban J connectivity index is 2.61. The molecular weight excluding hydrogens is 178 g/mol. The number of carbonyl (C=O) groups excluding carboxylic acids is 1. The first-order valence-corrected chi connectivity index (χ1v) is 4.15. The summed E-state index contributed by atoms with van der Waals surface area (Å²) in [6.45, 7) is 0. The van der Waals surface area contributed by atoms with Gasteiger partial charge in [-0.3, -0.25) is 4.79 Å². The quantitative estimate of drug-likeness (QED) is 0.551. The second-order valence-electron chi connectivity index (χ2n) is 2.90. The minimum atomic E-state index is 0.526. The van der Waals surface area contributed by atoms with Gasteiger partial charge in [-0.1, -0.05) is 12.1 Å². The molecule has 0 saturated heterocycles. The Morgan fingerprint density at radius 1 is 1.43 bits per heavy atom. The number of fused-ring (bicyclic) bond motifs is 1. The number of amides is 1. The summed E-state index contributed by atoms with van der Waals surface area (Å²) in [6.07, 6.45) is 2.25. The first-order chi connectivity index (χ1) is 6.81. The maximum atomic E-state index is 10.2. The van der Waals surface area contributed by atoms with Crippen molar-refractivity contribution in [2.45, 2.75) is 0 Å². The van der Waals surface area contributed by atoms with E-state index in [0.29, 0.717) is 17.9 Å². The normalized spacial score (nSPS) is 10.0. The molecule has 0 atom stereocenters. The van der Waals surface area contributed by atoms with E-state index in [1.54, 1.807) is 12.3 Å². The third-order valence-corrected chi connectivity index (χ3v) is 2.01. The molecule has 0 aliphatic carbocycles. The number of aromatic nitrogens is 1. The molecule has 0 radical (unpaired) electrons. The summed E-state index contributed by atoms with van der Waals surface area (Å²) in [7, 11) is 0. The lowest BCUT2D eigenvalue weighted by Gasteiger charge is -2.02. The number of nitrogens with one attached hydrogen (secondary N) is 1. The highest BCUT2D eigenvalue weighted by Crippen LogP contribution is 2.21. The van der Waals surface area contributed by atoms with Crippen LogP contribution in [-0.4, -0.2) is 11.4 Å². The number of hydrogen-bond donors (Lipinski definition) is 2. The van der Waals surface area contributed by atoms with Crippen LogP contribution in [0.25, 0.3) is 10.8 Å². The third kappa shape index (κ3) is 1.37. The summed E-state index contributed by atoms with van der Waals surface area (Å²) in [4.78, 5) is 14.2. The Morgan fingerprint density at radius 3 is 3.07 bits per heavy atom. The second kappa shape index (κ2) is 3.33. The van der Waals surface area contributed by atoms with Crippen molar-refractivity contribution in [3.05, 3.63) is 30.5 Å². The van der Waals surface area contributed by atoms with Gasteiger partial charge >= 0.3 is 0 Å². The van der Waals surface area contributed by atoms with Gasteiger partial charge in [-0.15, -0.1) is 0 Å². The fourth-order valence-electron chi connectivity index (χ4n) is 1.33. The molecule has 2 rings (SSSR count).